The number of carbonyl (C=O) groups excluding carboxylic acids is 1. The Morgan fingerprint density at radius 2 is 1.83 bits per heavy atom. The summed E-state index contributed by atoms with van der Waals surface area (Å²) >= 11 is 12.6. The molecule has 0 aliphatic carbocycles. The average molecular weight is 454 g/mol. The van der Waals surface area contributed by atoms with Crippen LogP contribution in [0.3, 0.4) is 0 Å². The van der Waals surface area contributed by atoms with Crippen LogP contribution in [0.5, 0.6) is 0 Å². The molecule has 3 aromatic rings. The lowest BCUT2D eigenvalue weighted by molar-refractivity contribution is 0.0527. The fraction of sp³-hybridized carbons (Fsp3) is 0.158. The van der Waals surface area contributed by atoms with Crippen LogP contribution in [-0.4, -0.2) is 32.2 Å². The number of nitrogens with zero attached hydrogens (tertiary/aromatic N) is 1. The molecule has 10 heteroatoms. The number of sulfonamides is 1. The molecule has 2 aromatic carbocycles. The van der Waals surface area contributed by atoms with E-state index in [0.29, 0.717) is 38.0 Å². The third kappa shape index (κ3) is 4.90. The fourth-order valence-electron chi connectivity index (χ4n) is 2.75. The molecule has 0 atom stereocenters. The monoisotopic (exact) mass is 453 g/mol. The predicted octanol–water partition coefficient (Wildman–Crippen LogP) is 4.83. The van der Waals surface area contributed by atoms with E-state index in [1.165, 1.54) is 6.20 Å². The van der Waals surface area contributed by atoms with E-state index in [-0.39, 0.29) is 12.2 Å². The SMILES string of the molecule is CCOC(=O)c1cnc2c(Cl)ccc(Cl)c2c1Nc1cccc(NS(C)(=O)=O)c1. The lowest BCUT2D eigenvalue weighted by Gasteiger charge is -2.16. The lowest BCUT2D eigenvalue weighted by atomic mass is 10.1. The maximum atomic E-state index is 12.5. The van der Waals surface area contributed by atoms with Gasteiger partial charge in [-0.2, -0.15) is 0 Å². The van der Waals surface area contributed by atoms with Gasteiger partial charge in [-0.05, 0) is 37.3 Å². The Kier molecular flexibility index (Phi) is 6.16. The van der Waals surface area contributed by atoms with Crippen LogP contribution in [0.15, 0.2) is 42.6 Å². The Balaban J connectivity index is 2.17. The van der Waals surface area contributed by atoms with Crippen molar-refractivity contribution in [3.05, 3.63) is 58.2 Å². The Bertz CT molecular complexity index is 1200. The van der Waals surface area contributed by atoms with E-state index in [9.17, 15) is 13.2 Å². The van der Waals surface area contributed by atoms with Crippen molar-refractivity contribution in [3.63, 3.8) is 0 Å². The highest BCUT2D eigenvalue weighted by Crippen LogP contribution is 2.37. The second-order valence-corrected chi connectivity index (χ2v) is 8.66. The number of rotatable bonds is 6. The van der Waals surface area contributed by atoms with Crippen molar-refractivity contribution in [1.29, 1.82) is 0 Å². The molecule has 3 rings (SSSR count). The lowest BCUT2D eigenvalue weighted by Crippen LogP contribution is -2.11. The van der Waals surface area contributed by atoms with Gasteiger partial charge in [0.25, 0.3) is 0 Å². The summed E-state index contributed by atoms with van der Waals surface area (Å²) in [5.74, 6) is -0.578. The molecule has 152 valence electrons. The van der Waals surface area contributed by atoms with Crippen molar-refractivity contribution in [2.45, 2.75) is 6.92 Å². The number of halogens is 2. The Hall–Kier alpha value is -2.55. The van der Waals surface area contributed by atoms with Crippen molar-refractivity contribution >= 4 is 67.2 Å². The number of carbonyl (C=O) groups is 1. The molecule has 29 heavy (non-hydrogen) atoms. The molecule has 0 fully saturated rings. The third-order valence-electron chi connectivity index (χ3n) is 3.85. The first kappa shape index (κ1) is 21.2. The van der Waals surface area contributed by atoms with Crippen LogP contribution < -0.4 is 10.0 Å². The molecule has 0 aliphatic rings. The first-order valence-electron chi connectivity index (χ1n) is 8.48. The van der Waals surface area contributed by atoms with Gasteiger partial charge < -0.3 is 10.1 Å². The first-order chi connectivity index (χ1) is 13.7. The van der Waals surface area contributed by atoms with E-state index in [4.69, 9.17) is 27.9 Å². The molecule has 0 spiro atoms. The van der Waals surface area contributed by atoms with E-state index in [1.807, 2.05) is 0 Å². The number of benzene rings is 2. The first-order valence-corrected chi connectivity index (χ1v) is 11.1. The quantitative estimate of drug-likeness (QED) is 0.518. The average Bonchev–Trinajstić information content (AvgIpc) is 2.64. The number of nitrogens with one attached hydrogen (secondary N) is 2. The molecular weight excluding hydrogens is 437 g/mol. The van der Waals surface area contributed by atoms with Crippen LogP contribution in [0.1, 0.15) is 17.3 Å². The largest absolute Gasteiger partial charge is 0.462 e. The number of hydrogen-bond donors (Lipinski definition) is 2. The van der Waals surface area contributed by atoms with Crippen molar-refractivity contribution in [2.24, 2.45) is 0 Å². The highest BCUT2D eigenvalue weighted by Gasteiger charge is 2.20. The highest BCUT2D eigenvalue weighted by atomic mass is 35.5. The second kappa shape index (κ2) is 8.44. The molecule has 0 amide bonds. The third-order valence-corrected chi connectivity index (χ3v) is 5.08. The molecule has 0 saturated carbocycles. The topological polar surface area (TPSA) is 97.4 Å². The number of esters is 1. The maximum Gasteiger partial charge on any atom is 0.341 e. The van der Waals surface area contributed by atoms with Crippen LogP contribution in [0.4, 0.5) is 17.1 Å². The summed E-state index contributed by atoms with van der Waals surface area (Å²) in [4.78, 5) is 16.7. The van der Waals surface area contributed by atoms with Crippen LogP contribution in [0, 0.1) is 0 Å². The minimum atomic E-state index is -3.44. The Morgan fingerprint density at radius 3 is 2.52 bits per heavy atom. The van der Waals surface area contributed by atoms with E-state index in [2.05, 4.69) is 15.0 Å². The number of hydrogen-bond acceptors (Lipinski definition) is 6. The molecule has 0 saturated heterocycles. The molecular formula is C19H17Cl2N3O4S. The number of anilines is 3. The molecule has 0 bridgehead atoms. The van der Waals surface area contributed by atoms with Gasteiger partial charge in [0.15, 0.2) is 0 Å². The van der Waals surface area contributed by atoms with Crippen LogP contribution in [0.2, 0.25) is 10.0 Å². The zero-order valence-electron chi connectivity index (χ0n) is 15.5. The van der Waals surface area contributed by atoms with E-state index >= 15 is 0 Å². The smallest absolute Gasteiger partial charge is 0.341 e. The normalized spacial score (nSPS) is 11.3. The zero-order valence-corrected chi connectivity index (χ0v) is 17.8. The summed E-state index contributed by atoms with van der Waals surface area (Å²) < 4.78 is 30.6. The van der Waals surface area contributed by atoms with Gasteiger partial charge in [0.05, 0.1) is 39.8 Å². The van der Waals surface area contributed by atoms with Gasteiger partial charge in [0, 0.05) is 17.3 Å². The molecule has 0 aliphatic heterocycles. The minimum absolute atomic E-state index is 0.171. The Morgan fingerprint density at radius 1 is 1.14 bits per heavy atom. The number of pyridine rings is 1. The van der Waals surface area contributed by atoms with E-state index in [0.717, 1.165) is 6.26 Å². The van der Waals surface area contributed by atoms with Gasteiger partial charge in [-0.15, -0.1) is 0 Å². The second-order valence-electron chi connectivity index (χ2n) is 6.10. The van der Waals surface area contributed by atoms with Crippen LogP contribution in [-0.2, 0) is 14.8 Å². The zero-order chi connectivity index (χ0) is 21.2. The van der Waals surface area contributed by atoms with Crippen molar-refractivity contribution in [1.82, 2.24) is 4.98 Å². The summed E-state index contributed by atoms with van der Waals surface area (Å²) in [6, 6.07) is 9.79. The Labute approximate surface area is 178 Å². The minimum Gasteiger partial charge on any atom is -0.462 e. The number of fused-ring (bicyclic) bond motifs is 1. The summed E-state index contributed by atoms with van der Waals surface area (Å²) in [5.41, 5.74) is 1.83. The highest BCUT2D eigenvalue weighted by molar-refractivity contribution is 7.92. The van der Waals surface area contributed by atoms with Crippen LogP contribution in [0.25, 0.3) is 10.9 Å². The number of aromatic nitrogens is 1. The molecule has 0 unspecified atom stereocenters. The van der Waals surface area contributed by atoms with E-state index in [1.54, 1.807) is 43.3 Å². The molecule has 2 N–H and O–H groups in total. The maximum absolute atomic E-state index is 12.5. The summed E-state index contributed by atoms with van der Waals surface area (Å²) in [6.45, 7) is 1.89. The van der Waals surface area contributed by atoms with Gasteiger partial charge in [0.2, 0.25) is 10.0 Å². The van der Waals surface area contributed by atoms with E-state index < -0.39 is 16.0 Å². The van der Waals surface area contributed by atoms with Crippen molar-refractivity contribution in [2.75, 3.05) is 22.9 Å². The fourth-order valence-corrected chi connectivity index (χ4v) is 3.75. The van der Waals surface area contributed by atoms with Gasteiger partial charge >= 0.3 is 5.97 Å². The number of ether oxygens (including phenoxy) is 1. The van der Waals surface area contributed by atoms with Gasteiger partial charge in [0.1, 0.15) is 5.56 Å². The standard InChI is InChI=1S/C19H17Cl2N3O4S/c1-3-28-19(25)13-10-22-18-15(21)8-7-14(20)16(18)17(13)23-11-5-4-6-12(9-11)24-29(2,26)27/h4-10,24H,3H2,1-2H3,(H,22,23). The predicted molar refractivity (Wildman–Crippen MR) is 116 cm³/mol. The van der Waals surface area contributed by atoms with Gasteiger partial charge in [-0.3, -0.25) is 9.71 Å². The van der Waals surface area contributed by atoms with Gasteiger partial charge in [-0.1, -0.05) is 29.3 Å². The molecule has 0 radical (unpaired) electrons. The molecule has 7 nitrogen and oxygen atoms in total. The summed E-state index contributed by atoms with van der Waals surface area (Å²) in [7, 11) is -3.44. The molecule has 1 heterocycles. The van der Waals surface area contributed by atoms with Crippen molar-refractivity contribution in [3.8, 4) is 0 Å². The van der Waals surface area contributed by atoms with Crippen molar-refractivity contribution < 1.29 is 17.9 Å². The summed E-state index contributed by atoms with van der Waals surface area (Å²) in [6.07, 6.45) is 2.42. The summed E-state index contributed by atoms with van der Waals surface area (Å²) in [5, 5.41) is 4.29. The molecule has 1 aromatic heterocycles. The van der Waals surface area contributed by atoms with Crippen LogP contribution >= 0.6 is 23.2 Å². The van der Waals surface area contributed by atoms with Gasteiger partial charge in [-0.25, -0.2) is 13.2 Å².